The van der Waals surface area contributed by atoms with Crippen LogP contribution in [0.2, 0.25) is 0 Å². The second kappa shape index (κ2) is 4.41. The standard InChI is InChI=1S/C15H15NO2/c1-10(11-6-7-11)18-15(17)14-13-5-3-2-4-12(13)8-9-16-14/h2-5,8-11H,6-7H2,1H3. The van der Waals surface area contributed by atoms with E-state index in [-0.39, 0.29) is 12.1 Å². The number of carbonyl (C=O) groups is 1. The molecule has 0 saturated heterocycles. The highest BCUT2D eigenvalue weighted by Crippen LogP contribution is 2.34. The van der Waals surface area contributed by atoms with Crippen molar-refractivity contribution in [3.8, 4) is 0 Å². The van der Waals surface area contributed by atoms with Crippen LogP contribution in [0.5, 0.6) is 0 Å². The summed E-state index contributed by atoms with van der Waals surface area (Å²) in [6.07, 6.45) is 3.98. The molecule has 1 unspecified atom stereocenters. The Morgan fingerprint density at radius 1 is 1.33 bits per heavy atom. The third-order valence-corrected chi connectivity index (χ3v) is 3.45. The molecule has 0 aliphatic heterocycles. The molecule has 1 atom stereocenters. The van der Waals surface area contributed by atoms with E-state index < -0.39 is 0 Å². The van der Waals surface area contributed by atoms with Gasteiger partial charge in [0.25, 0.3) is 0 Å². The molecule has 0 radical (unpaired) electrons. The van der Waals surface area contributed by atoms with Gasteiger partial charge >= 0.3 is 5.97 Å². The largest absolute Gasteiger partial charge is 0.458 e. The fourth-order valence-corrected chi connectivity index (χ4v) is 2.17. The third-order valence-electron chi connectivity index (χ3n) is 3.45. The van der Waals surface area contributed by atoms with Crippen LogP contribution < -0.4 is 0 Å². The Morgan fingerprint density at radius 2 is 2.11 bits per heavy atom. The highest BCUT2D eigenvalue weighted by Gasteiger charge is 2.31. The van der Waals surface area contributed by atoms with Crippen molar-refractivity contribution in [3.05, 3.63) is 42.2 Å². The summed E-state index contributed by atoms with van der Waals surface area (Å²) in [5.74, 6) is 0.232. The van der Waals surface area contributed by atoms with Gasteiger partial charge in [0.1, 0.15) is 6.10 Å². The summed E-state index contributed by atoms with van der Waals surface area (Å²) in [6, 6.07) is 9.63. The molecule has 92 valence electrons. The molecule has 1 heterocycles. The van der Waals surface area contributed by atoms with Gasteiger partial charge in [0.05, 0.1) is 0 Å². The van der Waals surface area contributed by atoms with Crippen LogP contribution in [-0.4, -0.2) is 17.1 Å². The van der Waals surface area contributed by atoms with E-state index in [0.29, 0.717) is 11.6 Å². The van der Waals surface area contributed by atoms with Gasteiger partial charge in [0, 0.05) is 11.6 Å². The maximum Gasteiger partial charge on any atom is 0.357 e. The summed E-state index contributed by atoms with van der Waals surface area (Å²) >= 11 is 0. The van der Waals surface area contributed by atoms with Crippen LogP contribution in [0.3, 0.4) is 0 Å². The SMILES string of the molecule is CC(OC(=O)c1nccc2ccccc12)C1CC1. The number of hydrogen-bond donors (Lipinski definition) is 0. The summed E-state index contributed by atoms with van der Waals surface area (Å²) in [5.41, 5.74) is 0.417. The van der Waals surface area contributed by atoms with Crippen LogP contribution in [0.1, 0.15) is 30.3 Å². The first-order valence-corrected chi connectivity index (χ1v) is 6.30. The van der Waals surface area contributed by atoms with E-state index in [2.05, 4.69) is 4.98 Å². The van der Waals surface area contributed by atoms with Gasteiger partial charge in [-0.05, 0) is 37.1 Å². The Labute approximate surface area is 106 Å². The van der Waals surface area contributed by atoms with E-state index in [0.717, 1.165) is 23.6 Å². The van der Waals surface area contributed by atoms with Crippen molar-refractivity contribution in [3.63, 3.8) is 0 Å². The van der Waals surface area contributed by atoms with Gasteiger partial charge in [-0.15, -0.1) is 0 Å². The van der Waals surface area contributed by atoms with Gasteiger partial charge in [-0.3, -0.25) is 0 Å². The van der Waals surface area contributed by atoms with E-state index in [4.69, 9.17) is 4.74 Å². The molecule has 1 aromatic heterocycles. The normalized spacial score (nSPS) is 16.5. The minimum Gasteiger partial charge on any atom is -0.458 e. The van der Waals surface area contributed by atoms with Crippen molar-refractivity contribution in [2.24, 2.45) is 5.92 Å². The summed E-state index contributed by atoms with van der Waals surface area (Å²) < 4.78 is 5.47. The lowest BCUT2D eigenvalue weighted by atomic mass is 10.1. The molecular formula is C15H15NO2. The summed E-state index contributed by atoms with van der Waals surface area (Å²) in [6.45, 7) is 1.96. The Morgan fingerprint density at radius 3 is 2.89 bits per heavy atom. The van der Waals surface area contributed by atoms with Crippen LogP contribution in [0.4, 0.5) is 0 Å². The highest BCUT2D eigenvalue weighted by atomic mass is 16.5. The minimum absolute atomic E-state index is 0.00160. The Kier molecular flexibility index (Phi) is 2.74. The van der Waals surface area contributed by atoms with Gasteiger partial charge < -0.3 is 4.74 Å². The van der Waals surface area contributed by atoms with E-state index in [1.54, 1.807) is 6.20 Å². The Balaban J connectivity index is 1.90. The lowest BCUT2D eigenvalue weighted by Gasteiger charge is -2.12. The summed E-state index contributed by atoms with van der Waals surface area (Å²) in [5, 5.41) is 1.87. The fraction of sp³-hybridized carbons (Fsp3) is 0.333. The van der Waals surface area contributed by atoms with Gasteiger partial charge in [0.15, 0.2) is 5.69 Å². The monoisotopic (exact) mass is 241 g/mol. The van der Waals surface area contributed by atoms with Crippen molar-refractivity contribution in [1.82, 2.24) is 4.98 Å². The third kappa shape index (κ3) is 2.08. The van der Waals surface area contributed by atoms with Crippen molar-refractivity contribution in [2.75, 3.05) is 0 Å². The van der Waals surface area contributed by atoms with E-state index in [1.165, 1.54) is 0 Å². The maximum atomic E-state index is 12.1. The van der Waals surface area contributed by atoms with Crippen LogP contribution >= 0.6 is 0 Å². The molecule has 0 amide bonds. The number of fused-ring (bicyclic) bond motifs is 1. The average molecular weight is 241 g/mol. The second-order valence-corrected chi connectivity index (χ2v) is 4.83. The molecule has 3 rings (SSSR count). The number of pyridine rings is 1. The zero-order valence-corrected chi connectivity index (χ0v) is 10.3. The molecule has 1 aliphatic carbocycles. The van der Waals surface area contributed by atoms with Crippen molar-refractivity contribution >= 4 is 16.7 Å². The molecule has 1 aliphatic rings. The first-order valence-electron chi connectivity index (χ1n) is 6.30. The van der Waals surface area contributed by atoms with Gasteiger partial charge in [-0.2, -0.15) is 0 Å². The second-order valence-electron chi connectivity index (χ2n) is 4.83. The fourth-order valence-electron chi connectivity index (χ4n) is 2.17. The van der Waals surface area contributed by atoms with E-state index in [1.807, 2.05) is 37.3 Å². The quantitative estimate of drug-likeness (QED) is 0.775. The molecule has 1 aromatic carbocycles. The molecule has 2 aromatic rings. The molecule has 18 heavy (non-hydrogen) atoms. The van der Waals surface area contributed by atoms with Crippen LogP contribution in [0, 0.1) is 5.92 Å². The zero-order valence-electron chi connectivity index (χ0n) is 10.3. The first kappa shape index (κ1) is 11.2. The minimum atomic E-state index is -0.314. The summed E-state index contributed by atoms with van der Waals surface area (Å²) in [4.78, 5) is 16.3. The van der Waals surface area contributed by atoms with Gasteiger partial charge in [-0.1, -0.05) is 24.3 Å². The lowest BCUT2D eigenvalue weighted by Crippen LogP contribution is -2.18. The van der Waals surface area contributed by atoms with Crippen LogP contribution in [0.15, 0.2) is 36.5 Å². The number of carbonyl (C=O) groups excluding carboxylic acids is 1. The van der Waals surface area contributed by atoms with Crippen molar-refractivity contribution in [2.45, 2.75) is 25.9 Å². The Bertz CT molecular complexity index is 585. The molecule has 0 N–H and O–H groups in total. The van der Waals surface area contributed by atoms with Gasteiger partial charge in [-0.25, -0.2) is 9.78 Å². The van der Waals surface area contributed by atoms with Crippen molar-refractivity contribution < 1.29 is 9.53 Å². The lowest BCUT2D eigenvalue weighted by molar-refractivity contribution is 0.0290. The zero-order chi connectivity index (χ0) is 12.5. The smallest absolute Gasteiger partial charge is 0.357 e. The van der Waals surface area contributed by atoms with Crippen LogP contribution in [-0.2, 0) is 4.74 Å². The Hall–Kier alpha value is -1.90. The number of rotatable bonds is 3. The van der Waals surface area contributed by atoms with Gasteiger partial charge in [0.2, 0.25) is 0 Å². The first-order chi connectivity index (χ1) is 8.75. The molecule has 0 bridgehead atoms. The molecule has 1 fully saturated rings. The summed E-state index contributed by atoms with van der Waals surface area (Å²) in [7, 11) is 0. The topological polar surface area (TPSA) is 39.2 Å². The number of esters is 1. The maximum absolute atomic E-state index is 12.1. The number of ether oxygens (including phenoxy) is 1. The molecule has 0 spiro atoms. The number of aromatic nitrogens is 1. The highest BCUT2D eigenvalue weighted by molar-refractivity contribution is 6.02. The molecule has 3 heteroatoms. The van der Waals surface area contributed by atoms with E-state index >= 15 is 0 Å². The van der Waals surface area contributed by atoms with E-state index in [9.17, 15) is 4.79 Å². The molecule has 3 nitrogen and oxygen atoms in total. The number of benzene rings is 1. The van der Waals surface area contributed by atoms with Crippen LogP contribution in [0.25, 0.3) is 10.8 Å². The molecule has 1 saturated carbocycles. The number of hydrogen-bond acceptors (Lipinski definition) is 3. The average Bonchev–Trinajstić information content (AvgIpc) is 3.22. The molecular weight excluding hydrogens is 226 g/mol. The predicted octanol–water partition coefficient (Wildman–Crippen LogP) is 3.19. The number of nitrogens with zero attached hydrogens (tertiary/aromatic N) is 1. The van der Waals surface area contributed by atoms with Crippen molar-refractivity contribution in [1.29, 1.82) is 0 Å². The predicted molar refractivity (Wildman–Crippen MR) is 69.3 cm³/mol.